The number of para-hydroxylation sites is 3. The quantitative estimate of drug-likeness (QED) is 0.168. The molecule has 0 N–H and O–H groups in total. The molecule has 0 fully saturated rings. The number of aromatic nitrogens is 5. The number of nitrogens with zero attached hydrogens (tertiary/aromatic N) is 5. The molecule has 0 aliphatic heterocycles. The first-order chi connectivity index (χ1) is 32.0. The van der Waals surface area contributed by atoms with E-state index >= 15 is 0 Å². The van der Waals surface area contributed by atoms with Crippen LogP contribution in [0.5, 0.6) is 0 Å². The standard InChI is InChI=1S/C60H41N5/c1-60(2)49-30-13-9-28-47(49)54-48(29-18-31-50(54)60)58-61-57(39-21-7-4-8-22-39)62-59(63-58)65-53-34-16-12-27-44(53)46-36-35-45-43-26-11-15-33-52(43)64(55(45)56(46)65)51-32-14-10-25-42(51)41-24-17-23-40(37-41)38-19-5-3-6-20-38/h3-37H,1-2H3. The van der Waals surface area contributed by atoms with Gasteiger partial charge in [0.05, 0.1) is 27.8 Å². The average molecular weight is 832 g/mol. The molecule has 0 bridgehead atoms. The minimum absolute atomic E-state index is 0.176. The highest BCUT2D eigenvalue weighted by Crippen LogP contribution is 2.52. The Kier molecular flexibility index (Phi) is 8.18. The highest BCUT2D eigenvalue weighted by atomic mass is 15.2. The number of hydrogen-bond acceptors (Lipinski definition) is 3. The van der Waals surface area contributed by atoms with Crippen LogP contribution in [-0.2, 0) is 5.41 Å². The summed E-state index contributed by atoms with van der Waals surface area (Å²) < 4.78 is 4.76. The van der Waals surface area contributed by atoms with Gasteiger partial charge in [0.25, 0.3) is 0 Å². The van der Waals surface area contributed by atoms with Gasteiger partial charge in [0.2, 0.25) is 5.95 Å². The van der Waals surface area contributed by atoms with Crippen molar-refractivity contribution in [1.82, 2.24) is 24.1 Å². The van der Waals surface area contributed by atoms with E-state index in [1.54, 1.807) is 0 Å². The summed E-state index contributed by atoms with van der Waals surface area (Å²) in [6.45, 7) is 4.63. The number of benzene rings is 9. The van der Waals surface area contributed by atoms with E-state index in [4.69, 9.17) is 15.0 Å². The molecule has 65 heavy (non-hydrogen) atoms. The molecule has 3 heterocycles. The minimum Gasteiger partial charge on any atom is -0.307 e. The predicted molar refractivity (Wildman–Crippen MR) is 268 cm³/mol. The molecule has 0 unspecified atom stereocenters. The normalized spacial score (nSPS) is 12.9. The smallest absolute Gasteiger partial charge is 0.238 e. The summed E-state index contributed by atoms with van der Waals surface area (Å²) in [5.74, 6) is 1.83. The van der Waals surface area contributed by atoms with Gasteiger partial charge in [-0.25, -0.2) is 4.98 Å². The van der Waals surface area contributed by atoms with E-state index in [1.165, 1.54) is 38.8 Å². The van der Waals surface area contributed by atoms with Crippen molar-refractivity contribution in [2.45, 2.75) is 19.3 Å². The van der Waals surface area contributed by atoms with E-state index in [9.17, 15) is 0 Å². The summed E-state index contributed by atoms with van der Waals surface area (Å²) in [6, 6.07) is 76.0. The molecule has 1 aliphatic rings. The highest BCUT2D eigenvalue weighted by Gasteiger charge is 2.37. The van der Waals surface area contributed by atoms with Crippen molar-refractivity contribution in [1.29, 1.82) is 0 Å². The lowest BCUT2D eigenvalue weighted by molar-refractivity contribution is 0.660. The third-order valence-electron chi connectivity index (χ3n) is 13.6. The van der Waals surface area contributed by atoms with Gasteiger partial charge in [0, 0.05) is 43.7 Å². The first-order valence-electron chi connectivity index (χ1n) is 22.3. The molecule has 5 heteroatoms. The van der Waals surface area contributed by atoms with Gasteiger partial charge in [-0.2, -0.15) is 9.97 Å². The molecule has 0 amide bonds. The number of rotatable bonds is 6. The Balaban J connectivity index is 1.14. The van der Waals surface area contributed by atoms with E-state index in [1.807, 2.05) is 18.2 Å². The lowest BCUT2D eigenvalue weighted by Gasteiger charge is -2.21. The first kappa shape index (κ1) is 37.2. The molecule has 13 rings (SSSR count). The SMILES string of the molecule is CC1(C)c2ccccc2-c2c(-c3nc(-c4ccccc4)nc(-n4c5ccccc5c5ccc6c7ccccc7n(-c7ccccc7-c7cccc(-c8ccccc8)c7)c6c54)n3)cccc21. The van der Waals surface area contributed by atoms with Crippen LogP contribution in [0.3, 0.4) is 0 Å². The van der Waals surface area contributed by atoms with Crippen LogP contribution in [0.15, 0.2) is 212 Å². The van der Waals surface area contributed by atoms with Crippen LogP contribution in [0.1, 0.15) is 25.0 Å². The van der Waals surface area contributed by atoms with Gasteiger partial charge in [-0.05, 0) is 63.2 Å². The maximum atomic E-state index is 5.57. The molecule has 0 saturated carbocycles. The van der Waals surface area contributed by atoms with Crippen molar-refractivity contribution < 1.29 is 0 Å². The van der Waals surface area contributed by atoms with Crippen molar-refractivity contribution in [2.75, 3.05) is 0 Å². The zero-order chi connectivity index (χ0) is 43.2. The van der Waals surface area contributed by atoms with Crippen molar-refractivity contribution in [3.8, 4) is 67.8 Å². The van der Waals surface area contributed by atoms with Crippen molar-refractivity contribution in [2.24, 2.45) is 0 Å². The Morgan fingerprint density at radius 3 is 1.63 bits per heavy atom. The molecule has 9 aromatic carbocycles. The molecule has 3 aromatic heterocycles. The Morgan fingerprint density at radius 2 is 0.877 bits per heavy atom. The van der Waals surface area contributed by atoms with Crippen LogP contribution in [-0.4, -0.2) is 24.1 Å². The summed E-state index contributed by atoms with van der Waals surface area (Å²) in [6.07, 6.45) is 0. The van der Waals surface area contributed by atoms with Crippen LogP contribution < -0.4 is 0 Å². The lowest BCUT2D eigenvalue weighted by atomic mass is 9.82. The zero-order valence-corrected chi connectivity index (χ0v) is 35.9. The van der Waals surface area contributed by atoms with Gasteiger partial charge < -0.3 is 4.57 Å². The van der Waals surface area contributed by atoms with Crippen molar-refractivity contribution in [3.05, 3.63) is 223 Å². The fourth-order valence-electron chi connectivity index (χ4n) is 10.6. The molecule has 0 spiro atoms. The van der Waals surface area contributed by atoms with Gasteiger partial charge in [0.15, 0.2) is 11.6 Å². The van der Waals surface area contributed by atoms with Crippen LogP contribution in [0.4, 0.5) is 0 Å². The summed E-state index contributed by atoms with van der Waals surface area (Å²) in [4.78, 5) is 16.3. The van der Waals surface area contributed by atoms with Crippen molar-refractivity contribution >= 4 is 43.6 Å². The lowest BCUT2D eigenvalue weighted by Crippen LogP contribution is -2.14. The molecule has 5 nitrogen and oxygen atoms in total. The van der Waals surface area contributed by atoms with Gasteiger partial charge in [-0.3, -0.25) is 4.57 Å². The fraction of sp³-hybridized carbons (Fsp3) is 0.0500. The maximum absolute atomic E-state index is 5.57. The molecule has 0 saturated heterocycles. The van der Waals surface area contributed by atoms with Crippen LogP contribution in [0.25, 0.3) is 111 Å². The third kappa shape index (κ3) is 5.62. The molecule has 0 radical (unpaired) electrons. The van der Waals surface area contributed by atoms with E-state index in [0.29, 0.717) is 17.6 Å². The van der Waals surface area contributed by atoms with E-state index in [0.717, 1.165) is 66.2 Å². The minimum atomic E-state index is -0.176. The molecule has 0 atom stereocenters. The van der Waals surface area contributed by atoms with Crippen LogP contribution in [0.2, 0.25) is 0 Å². The second-order valence-corrected chi connectivity index (χ2v) is 17.6. The first-order valence-corrected chi connectivity index (χ1v) is 22.3. The van der Waals surface area contributed by atoms with Gasteiger partial charge >= 0.3 is 0 Å². The topological polar surface area (TPSA) is 48.5 Å². The van der Waals surface area contributed by atoms with Gasteiger partial charge in [0.1, 0.15) is 0 Å². The molecule has 1 aliphatic carbocycles. The number of fused-ring (bicyclic) bond motifs is 10. The second kappa shape index (κ2) is 14.3. The van der Waals surface area contributed by atoms with Crippen molar-refractivity contribution in [3.63, 3.8) is 0 Å². The van der Waals surface area contributed by atoms with Crippen LogP contribution >= 0.6 is 0 Å². The molecular formula is C60H41N5. The fourth-order valence-corrected chi connectivity index (χ4v) is 10.6. The molecular weight excluding hydrogens is 791 g/mol. The maximum Gasteiger partial charge on any atom is 0.238 e. The molecule has 306 valence electrons. The Labute approximate surface area is 376 Å². The average Bonchev–Trinajstić information content (AvgIpc) is 3.97. The summed E-state index contributed by atoms with van der Waals surface area (Å²) in [5.41, 5.74) is 16.8. The summed E-state index contributed by atoms with van der Waals surface area (Å²) >= 11 is 0. The Hall–Kier alpha value is -8.41. The Morgan fingerprint density at radius 1 is 0.354 bits per heavy atom. The zero-order valence-electron chi connectivity index (χ0n) is 35.9. The van der Waals surface area contributed by atoms with Gasteiger partial charge in [-0.1, -0.05) is 202 Å². The van der Waals surface area contributed by atoms with E-state index in [2.05, 4.69) is 217 Å². The monoisotopic (exact) mass is 831 g/mol. The van der Waals surface area contributed by atoms with Crippen LogP contribution in [0, 0.1) is 0 Å². The van der Waals surface area contributed by atoms with E-state index in [-0.39, 0.29) is 5.41 Å². The second-order valence-electron chi connectivity index (χ2n) is 17.6. The third-order valence-corrected chi connectivity index (χ3v) is 13.6. The highest BCUT2D eigenvalue weighted by molar-refractivity contribution is 6.24. The predicted octanol–water partition coefficient (Wildman–Crippen LogP) is 15.0. The number of hydrogen-bond donors (Lipinski definition) is 0. The summed E-state index contributed by atoms with van der Waals surface area (Å²) in [5, 5.41) is 4.59. The molecule has 12 aromatic rings. The largest absolute Gasteiger partial charge is 0.307 e. The Bertz CT molecular complexity index is 3860. The van der Waals surface area contributed by atoms with E-state index < -0.39 is 0 Å². The summed E-state index contributed by atoms with van der Waals surface area (Å²) in [7, 11) is 0. The van der Waals surface area contributed by atoms with Gasteiger partial charge in [-0.15, -0.1) is 0 Å².